The molecule has 30 heavy (non-hydrogen) atoms. The summed E-state index contributed by atoms with van der Waals surface area (Å²) >= 11 is 1.41. The van der Waals surface area contributed by atoms with E-state index in [1.54, 1.807) is 11.0 Å². The van der Waals surface area contributed by atoms with Gasteiger partial charge >= 0.3 is 6.09 Å². The molecule has 2 aromatic rings. The van der Waals surface area contributed by atoms with Crippen LogP contribution in [0.2, 0.25) is 0 Å². The van der Waals surface area contributed by atoms with Crippen molar-refractivity contribution in [3.63, 3.8) is 0 Å². The van der Waals surface area contributed by atoms with Crippen LogP contribution in [-0.2, 0) is 22.5 Å². The van der Waals surface area contributed by atoms with Gasteiger partial charge in [0.1, 0.15) is 5.00 Å². The molecule has 1 aliphatic rings. The summed E-state index contributed by atoms with van der Waals surface area (Å²) in [6, 6.07) is 9.59. The molecule has 8 heteroatoms. The highest BCUT2D eigenvalue weighted by molar-refractivity contribution is 7.17. The first-order valence-electron chi connectivity index (χ1n) is 9.87. The Morgan fingerprint density at radius 3 is 2.83 bits per heavy atom. The van der Waals surface area contributed by atoms with Crippen molar-refractivity contribution in [2.24, 2.45) is 0 Å². The predicted molar refractivity (Wildman–Crippen MR) is 120 cm³/mol. The number of rotatable bonds is 8. The Kier molecular flexibility index (Phi) is 7.75. The molecule has 0 atom stereocenters. The zero-order chi connectivity index (χ0) is 21.3. The Morgan fingerprint density at radius 1 is 1.30 bits per heavy atom. The quantitative estimate of drug-likeness (QED) is 0.342. The van der Waals surface area contributed by atoms with Crippen LogP contribution in [0.1, 0.15) is 28.0 Å². The highest BCUT2D eigenvalue weighted by Crippen LogP contribution is 2.36. The number of nitrogens with one attached hydrogen (secondary N) is 3. The fourth-order valence-electron chi connectivity index (χ4n) is 3.22. The van der Waals surface area contributed by atoms with Crippen LogP contribution in [0.5, 0.6) is 0 Å². The second kappa shape index (κ2) is 10.7. The topological polar surface area (TPSA) is 94.5 Å². The zero-order valence-corrected chi connectivity index (χ0v) is 17.8. The van der Waals surface area contributed by atoms with Crippen LogP contribution in [0.4, 0.5) is 9.80 Å². The van der Waals surface area contributed by atoms with Gasteiger partial charge in [0.25, 0.3) is 0 Å². The monoisotopic (exact) mass is 426 g/mol. The van der Waals surface area contributed by atoms with E-state index in [-0.39, 0.29) is 12.0 Å². The van der Waals surface area contributed by atoms with Gasteiger partial charge in [-0.05, 0) is 43.6 Å². The van der Waals surface area contributed by atoms with Crippen molar-refractivity contribution in [3.05, 3.63) is 58.0 Å². The van der Waals surface area contributed by atoms with Gasteiger partial charge in [-0.3, -0.25) is 4.79 Å². The lowest BCUT2D eigenvalue weighted by atomic mass is 10.0. The first kappa shape index (κ1) is 21.7. The molecule has 3 N–H and O–H groups in total. The molecule has 0 radical (unpaired) electrons. The molecule has 1 aliphatic heterocycles. The van der Waals surface area contributed by atoms with Crippen LogP contribution in [0.15, 0.2) is 36.4 Å². The number of anilines is 1. The molecule has 2 heterocycles. The number of nitrogens with zero attached hydrogens (tertiary/aromatic N) is 1. The second-order valence-electron chi connectivity index (χ2n) is 6.87. The summed E-state index contributed by atoms with van der Waals surface area (Å²) in [5.41, 5.74) is 2.68. The van der Waals surface area contributed by atoms with E-state index in [1.165, 1.54) is 23.6 Å². The molecule has 1 aromatic carbocycles. The van der Waals surface area contributed by atoms with Crippen LogP contribution in [0.3, 0.4) is 0 Å². The molecular weight excluding hydrogens is 400 g/mol. The fourth-order valence-corrected chi connectivity index (χ4v) is 4.46. The van der Waals surface area contributed by atoms with E-state index in [2.05, 4.69) is 10.6 Å². The van der Waals surface area contributed by atoms with E-state index in [1.807, 2.05) is 37.4 Å². The molecular formula is C22H26N4O3S. The molecule has 1 aromatic heterocycles. The van der Waals surface area contributed by atoms with E-state index in [0.717, 1.165) is 34.5 Å². The number of hydrogen-bond donors (Lipinski definition) is 3. The molecule has 0 spiro atoms. The molecule has 3 rings (SSSR count). The fraction of sp³-hybridized carbons (Fsp3) is 0.318. The molecule has 0 bridgehead atoms. The molecule has 0 saturated carbocycles. The minimum atomic E-state index is -0.321. The van der Waals surface area contributed by atoms with E-state index in [0.29, 0.717) is 31.1 Å². The third-order valence-electron chi connectivity index (χ3n) is 4.76. The van der Waals surface area contributed by atoms with Gasteiger partial charge in [-0.2, -0.15) is 0 Å². The van der Waals surface area contributed by atoms with Crippen LogP contribution in [0.25, 0.3) is 6.08 Å². The number of hydrogen-bond acceptors (Lipinski definition) is 6. The number of benzene rings is 1. The smallest absolute Gasteiger partial charge is 0.410 e. The Morgan fingerprint density at radius 2 is 2.10 bits per heavy atom. The van der Waals surface area contributed by atoms with Crippen molar-refractivity contribution in [2.45, 2.75) is 19.4 Å². The third-order valence-corrected chi connectivity index (χ3v) is 5.91. The number of carbonyl (C=O) groups excluding carboxylic acids is 2. The molecule has 0 aliphatic carbocycles. The van der Waals surface area contributed by atoms with Gasteiger partial charge < -0.3 is 25.7 Å². The zero-order valence-electron chi connectivity index (χ0n) is 16.9. The lowest BCUT2D eigenvalue weighted by Gasteiger charge is -2.26. The van der Waals surface area contributed by atoms with Crippen LogP contribution in [-0.4, -0.2) is 49.9 Å². The molecule has 0 unspecified atom stereocenters. The van der Waals surface area contributed by atoms with E-state index in [9.17, 15) is 9.59 Å². The van der Waals surface area contributed by atoms with Crippen molar-refractivity contribution in [3.8, 4) is 0 Å². The standard InChI is InChI=1S/C22H26N4O3S/c1-24-11-5-13-29-22(28)26-12-10-17-18(14-23)21(30-19(17)15-26)25-20(27)9-8-16-6-3-2-4-7-16/h2-4,6-9,14,23-24H,5,10-13,15H2,1H3,(H,25,27)/b9-8+,23-14?. The second-order valence-corrected chi connectivity index (χ2v) is 7.97. The van der Waals surface area contributed by atoms with Crippen molar-refractivity contribution < 1.29 is 14.3 Å². The Bertz CT molecular complexity index is 924. The van der Waals surface area contributed by atoms with Gasteiger partial charge in [0.2, 0.25) is 5.91 Å². The van der Waals surface area contributed by atoms with Crippen molar-refractivity contribution in [2.75, 3.05) is 32.1 Å². The number of thiophene rings is 1. The van der Waals surface area contributed by atoms with E-state index in [4.69, 9.17) is 10.1 Å². The summed E-state index contributed by atoms with van der Waals surface area (Å²) in [5, 5.41) is 14.3. The summed E-state index contributed by atoms with van der Waals surface area (Å²) < 4.78 is 5.33. The summed E-state index contributed by atoms with van der Waals surface area (Å²) in [6.45, 7) is 2.15. The van der Waals surface area contributed by atoms with Crippen LogP contribution >= 0.6 is 11.3 Å². The largest absolute Gasteiger partial charge is 0.449 e. The highest BCUT2D eigenvalue weighted by atomic mass is 32.1. The summed E-state index contributed by atoms with van der Waals surface area (Å²) in [5.74, 6) is -0.249. The van der Waals surface area contributed by atoms with Gasteiger partial charge in [0.15, 0.2) is 0 Å². The molecule has 158 valence electrons. The first-order valence-corrected chi connectivity index (χ1v) is 10.7. The summed E-state index contributed by atoms with van der Waals surface area (Å²) in [4.78, 5) is 27.3. The molecule has 2 amide bonds. The summed E-state index contributed by atoms with van der Waals surface area (Å²) in [6.07, 6.45) is 5.59. The minimum Gasteiger partial charge on any atom is -0.449 e. The van der Waals surface area contributed by atoms with Gasteiger partial charge in [0.05, 0.1) is 13.2 Å². The van der Waals surface area contributed by atoms with Crippen LogP contribution < -0.4 is 10.6 Å². The molecule has 0 fully saturated rings. The maximum absolute atomic E-state index is 12.4. The average molecular weight is 427 g/mol. The lowest BCUT2D eigenvalue weighted by molar-refractivity contribution is -0.111. The van der Waals surface area contributed by atoms with Crippen molar-refractivity contribution >= 4 is 40.6 Å². The Balaban J connectivity index is 1.64. The normalized spacial score (nSPS) is 13.2. The van der Waals surface area contributed by atoms with Crippen molar-refractivity contribution in [1.82, 2.24) is 10.2 Å². The van der Waals surface area contributed by atoms with Gasteiger partial charge in [0, 0.05) is 29.3 Å². The van der Waals surface area contributed by atoms with E-state index >= 15 is 0 Å². The average Bonchev–Trinajstić information content (AvgIpc) is 3.11. The van der Waals surface area contributed by atoms with Crippen LogP contribution in [0, 0.1) is 5.41 Å². The number of fused-ring (bicyclic) bond motifs is 1. The third kappa shape index (κ3) is 5.55. The van der Waals surface area contributed by atoms with Gasteiger partial charge in [-0.15, -0.1) is 11.3 Å². The van der Waals surface area contributed by atoms with E-state index < -0.39 is 0 Å². The van der Waals surface area contributed by atoms with Gasteiger partial charge in [-0.1, -0.05) is 30.3 Å². The number of carbonyl (C=O) groups is 2. The maximum Gasteiger partial charge on any atom is 0.410 e. The first-order chi connectivity index (χ1) is 14.6. The SMILES string of the molecule is CNCCCOC(=O)N1CCc2c(sc(NC(=O)/C=C/c3ccccc3)c2C=N)C1. The Hall–Kier alpha value is -2.97. The predicted octanol–water partition coefficient (Wildman–Crippen LogP) is 3.50. The maximum atomic E-state index is 12.4. The van der Waals surface area contributed by atoms with Gasteiger partial charge in [-0.25, -0.2) is 4.79 Å². The minimum absolute atomic E-state index is 0.249. The molecule has 7 nitrogen and oxygen atoms in total. The number of amides is 2. The van der Waals surface area contributed by atoms with Crippen molar-refractivity contribution in [1.29, 1.82) is 5.41 Å². The molecule has 0 saturated heterocycles. The summed E-state index contributed by atoms with van der Waals surface area (Å²) in [7, 11) is 1.86. The highest BCUT2D eigenvalue weighted by Gasteiger charge is 2.27. The lowest BCUT2D eigenvalue weighted by Crippen LogP contribution is -2.36. The number of ether oxygens (including phenoxy) is 1. The Labute approximate surface area is 180 Å².